The van der Waals surface area contributed by atoms with Crippen LogP contribution in [0, 0.1) is 11.6 Å². The van der Waals surface area contributed by atoms with Gasteiger partial charge >= 0.3 is 0 Å². The summed E-state index contributed by atoms with van der Waals surface area (Å²) in [5, 5.41) is 5.63. The molecule has 0 bridgehead atoms. The highest BCUT2D eigenvalue weighted by atomic mass is 32.2. The number of aromatic amines is 1. The largest absolute Gasteiger partial charge is 0.383 e. The average molecular weight is 274 g/mol. The number of nitrogens with one attached hydrogen (secondary N) is 2. The fraction of sp³-hybridized carbons (Fsp3) is 0. The van der Waals surface area contributed by atoms with Crippen LogP contribution in [0.2, 0.25) is 0 Å². The highest BCUT2D eigenvalue weighted by molar-refractivity contribution is 7.92. The van der Waals surface area contributed by atoms with E-state index in [1.54, 1.807) is 4.72 Å². The molecule has 1 heterocycles. The topological polar surface area (TPSA) is 101 Å². The Labute approximate surface area is 101 Å². The normalized spacial score (nSPS) is 11.4. The third-order valence-corrected chi connectivity index (χ3v) is 3.50. The molecule has 96 valence electrons. The molecule has 2 rings (SSSR count). The zero-order chi connectivity index (χ0) is 13.3. The first-order valence-electron chi connectivity index (χ1n) is 4.67. The highest BCUT2D eigenvalue weighted by Gasteiger charge is 2.22. The zero-order valence-corrected chi connectivity index (χ0v) is 9.63. The number of rotatable bonds is 3. The van der Waals surface area contributed by atoms with E-state index in [2.05, 4.69) is 10.2 Å². The number of para-hydroxylation sites is 1. The maximum absolute atomic E-state index is 13.3. The summed E-state index contributed by atoms with van der Waals surface area (Å²) in [5.74, 6) is -2.28. The van der Waals surface area contributed by atoms with E-state index in [1.807, 2.05) is 0 Å². The molecule has 0 radical (unpaired) electrons. The Morgan fingerprint density at radius 3 is 2.39 bits per heavy atom. The summed E-state index contributed by atoms with van der Waals surface area (Å²) >= 11 is 0. The van der Waals surface area contributed by atoms with Crippen molar-refractivity contribution in [2.45, 2.75) is 4.90 Å². The molecular formula is C9H8F2N4O2S. The lowest BCUT2D eigenvalue weighted by Crippen LogP contribution is -2.16. The number of benzene rings is 1. The van der Waals surface area contributed by atoms with Crippen molar-refractivity contribution < 1.29 is 17.2 Å². The lowest BCUT2D eigenvalue weighted by molar-refractivity contribution is 0.583. The first kappa shape index (κ1) is 12.3. The van der Waals surface area contributed by atoms with Crippen LogP contribution in [0.25, 0.3) is 0 Å². The van der Waals surface area contributed by atoms with E-state index in [0.29, 0.717) is 0 Å². The minimum absolute atomic E-state index is 0.223. The summed E-state index contributed by atoms with van der Waals surface area (Å²) in [5.41, 5.74) is 4.57. The Bertz CT molecular complexity index is 663. The lowest BCUT2D eigenvalue weighted by Gasteiger charge is -2.08. The van der Waals surface area contributed by atoms with Gasteiger partial charge in [-0.15, -0.1) is 0 Å². The first-order valence-corrected chi connectivity index (χ1v) is 6.16. The predicted molar refractivity (Wildman–Crippen MR) is 60.2 cm³/mol. The molecule has 0 unspecified atom stereocenters. The van der Waals surface area contributed by atoms with Crippen molar-refractivity contribution in [1.82, 2.24) is 10.2 Å². The molecular weight excluding hydrogens is 266 g/mol. The van der Waals surface area contributed by atoms with Gasteiger partial charge in [-0.3, -0.25) is 9.82 Å². The minimum atomic E-state index is -4.19. The van der Waals surface area contributed by atoms with Crippen LogP contribution in [0.3, 0.4) is 0 Å². The summed E-state index contributed by atoms with van der Waals surface area (Å²) in [7, 11) is -4.19. The van der Waals surface area contributed by atoms with Crippen molar-refractivity contribution in [2.75, 3.05) is 10.5 Å². The number of nitrogen functional groups attached to an aromatic ring is 1. The van der Waals surface area contributed by atoms with Gasteiger partial charge in [-0.05, 0) is 12.1 Å². The van der Waals surface area contributed by atoms with Crippen LogP contribution < -0.4 is 10.5 Å². The van der Waals surface area contributed by atoms with Crippen molar-refractivity contribution >= 4 is 21.5 Å². The minimum Gasteiger partial charge on any atom is -0.383 e. The average Bonchev–Trinajstić information content (AvgIpc) is 2.71. The predicted octanol–water partition coefficient (Wildman–Crippen LogP) is 1.07. The number of anilines is 2. The maximum atomic E-state index is 13.3. The molecule has 0 aliphatic carbocycles. The van der Waals surface area contributed by atoms with Crippen LogP contribution in [0.5, 0.6) is 0 Å². The van der Waals surface area contributed by atoms with Crippen LogP contribution >= 0.6 is 0 Å². The van der Waals surface area contributed by atoms with E-state index in [1.165, 1.54) is 0 Å². The molecule has 0 spiro atoms. The Hall–Kier alpha value is -2.16. The third kappa shape index (κ3) is 2.12. The van der Waals surface area contributed by atoms with Crippen molar-refractivity contribution in [3.63, 3.8) is 0 Å². The van der Waals surface area contributed by atoms with E-state index >= 15 is 0 Å². The van der Waals surface area contributed by atoms with Gasteiger partial charge in [-0.25, -0.2) is 17.2 Å². The molecule has 2 aromatic rings. The van der Waals surface area contributed by atoms with Crippen LogP contribution in [0.15, 0.2) is 29.3 Å². The molecule has 18 heavy (non-hydrogen) atoms. The molecule has 6 nitrogen and oxygen atoms in total. The summed E-state index contributed by atoms with van der Waals surface area (Å²) in [6.45, 7) is 0. The van der Waals surface area contributed by atoms with E-state index < -0.39 is 27.3 Å². The second-order valence-electron chi connectivity index (χ2n) is 3.35. The quantitative estimate of drug-likeness (QED) is 0.779. The van der Waals surface area contributed by atoms with Crippen LogP contribution in [0.1, 0.15) is 0 Å². The number of hydrogen-bond acceptors (Lipinski definition) is 4. The van der Waals surface area contributed by atoms with Crippen LogP contribution in [0.4, 0.5) is 20.3 Å². The van der Waals surface area contributed by atoms with E-state index in [0.717, 1.165) is 24.4 Å². The molecule has 0 aliphatic rings. The molecule has 0 saturated carbocycles. The fourth-order valence-corrected chi connectivity index (χ4v) is 2.38. The van der Waals surface area contributed by atoms with Gasteiger partial charge in [0, 0.05) is 0 Å². The number of hydrogen-bond donors (Lipinski definition) is 3. The molecule has 4 N–H and O–H groups in total. The second-order valence-corrected chi connectivity index (χ2v) is 5.00. The molecule has 0 aliphatic heterocycles. The third-order valence-electron chi connectivity index (χ3n) is 2.12. The summed E-state index contributed by atoms with van der Waals surface area (Å²) in [6.07, 6.45) is 0.941. The smallest absolute Gasteiger partial charge is 0.267 e. The summed E-state index contributed by atoms with van der Waals surface area (Å²) < 4.78 is 52.0. The number of nitrogens with two attached hydrogens (primary N) is 1. The number of aromatic nitrogens is 2. The van der Waals surface area contributed by atoms with Crippen molar-refractivity contribution in [2.24, 2.45) is 0 Å². The Balaban J connectivity index is 2.44. The van der Waals surface area contributed by atoms with Gasteiger partial charge in [0.25, 0.3) is 10.0 Å². The van der Waals surface area contributed by atoms with Crippen molar-refractivity contribution in [3.8, 4) is 0 Å². The van der Waals surface area contributed by atoms with Crippen molar-refractivity contribution in [1.29, 1.82) is 0 Å². The molecule has 0 amide bonds. The monoisotopic (exact) mass is 274 g/mol. The van der Waals surface area contributed by atoms with Gasteiger partial charge in [0.1, 0.15) is 28.0 Å². The number of nitrogens with zero attached hydrogens (tertiary/aromatic N) is 1. The van der Waals surface area contributed by atoms with Gasteiger partial charge < -0.3 is 5.73 Å². The van der Waals surface area contributed by atoms with Gasteiger partial charge in [0.2, 0.25) is 0 Å². The molecule has 1 aromatic carbocycles. The molecule has 9 heteroatoms. The SMILES string of the molecule is Nc1[nH]ncc1S(=O)(=O)Nc1c(F)cccc1F. The molecule has 0 atom stereocenters. The van der Waals surface area contributed by atoms with Gasteiger partial charge in [-0.2, -0.15) is 5.10 Å². The number of halogens is 2. The fourth-order valence-electron chi connectivity index (χ4n) is 1.28. The molecule has 0 fully saturated rings. The first-order chi connectivity index (χ1) is 8.42. The van der Waals surface area contributed by atoms with Gasteiger partial charge in [0.05, 0.1) is 6.20 Å². The van der Waals surface area contributed by atoms with Gasteiger partial charge in [0.15, 0.2) is 0 Å². The summed E-state index contributed by atoms with van der Waals surface area (Å²) in [6, 6.07) is 2.98. The Morgan fingerprint density at radius 2 is 1.89 bits per heavy atom. The van der Waals surface area contributed by atoms with Crippen LogP contribution in [-0.2, 0) is 10.0 Å². The van der Waals surface area contributed by atoms with E-state index in [4.69, 9.17) is 5.73 Å². The standard InChI is InChI=1S/C9H8F2N4O2S/c10-5-2-1-3-6(11)8(5)15-18(16,17)7-4-13-14-9(7)12/h1-4,15H,(H3,12,13,14). The van der Waals surface area contributed by atoms with Gasteiger partial charge in [-0.1, -0.05) is 6.07 Å². The second kappa shape index (κ2) is 4.26. The lowest BCUT2D eigenvalue weighted by atomic mass is 10.3. The van der Waals surface area contributed by atoms with Crippen LogP contribution in [-0.4, -0.2) is 18.6 Å². The van der Waals surface area contributed by atoms with Crippen molar-refractivity contribution in [3.05, 3.63) is 36.0 Å². The van der Waals surface area contributed by atoms with E-state index in [-0.39, 0.29) is 10.7 Å². The highest BCUT2D eigenvalue weighted by Crippen LogP contribution is 2.23. The van der Waals surface area contributed by atoms with E-state index in [9.17, 15) is 17.2 Å². The maximum Gasteiger partial charge on any atom is 0.267 e. The summed E-state index contributed by atoms with van der Waals surface area (Å²) in [4.78, 5) is -0.384. The molecule has 0 saturated heterocycles. The zero-order valence-electron chi connectivity index (χ0n) is 8.81. The Morgan fingerprint density at radius 1 is 1.28 bits per heavy atom. The number of sulfonamides is 1. The molecule has 1 aromatic heterocycles. The number of H-pyrrole nitrogens is 1. The Kier molecular flexibility index (Phi) is 2.91.